The average Bonchev–Trinajstić information content (AvgIpc) is 2.52. The Kier molecular flexibility index (Phi) is 8.19. The van der Waals surface area contributed by atoms with Gasteiger partial charge in [0, 0.05) is 25.2 Å². The second kappa shape index (κ2) is 9.62. The Labute approximate surface area is 142 Å². The predicted molar refractivity (Wildman–Crippen MR) is 96.5 cm³/mol. The van der Waals surface area contributed by atoms with Crippen molar-refractivity contribution in [1.29, 1.82) is 0 Å². The van der Waals surface area contributed by atoms with E-state index < -0.39 is 5.56 Å². The molecule has 1 rings (SSSR count). The number of hydrogen-bond donors (Lipinski definition) is 3. The van der Waals surface area contributed by atoms with Crippen LogP contribution in [0, 0.1) is 4.77 Å². The van der Waals surface area contributed by atoms with Gasteiger partial charge < -0.3 is 10.0 Å². The summed E-state index contributed by atoms with van der Waals surface area (Å²) in [7, 11) is 0. The quantitative estimate of drug-likeness (QED) is 0.360. The van der Waals surface area contributed by atoms with E-state index >= 15 is 0 Å². The van der Waals surface area contributed by atoms with E-state index in [-0.39, 0.29) is 22.3 Å². The van der Waals surface area contributed by atoms with Crippen molar-refractivity contribution in [3.8, 4) is 5.88 Å². The van der Waals surface area contributed by atoms with E-state index in [1.165, 1.54) is 11.1 Å². The maximum atomic E-state index is 12.0. The van der Waals surface area contributed by atoms with Crippen LogP contribution in [0.15, 0.2) is 9.79 Å². The van der Waals surface area contributed by atoms with Gasteiger partial charge in [-0.2, -0.15) is 0 Å². The van der Waals surface area contributed by atoms with Gasteiger partial charge in [0.15, 0.2) is 4.77 Å². The van der Waals surface area contributed by atoms with E-state index in [2.05, 4.69) is 23.8 Å². The van der Waals surface area contributed by atoms with Gasteiger partial charge in [0.05, 0.1) is 19.6 Å². The average molecular weight is 342 g/mol. The third-order valence-corrected chi connectivity index (χ3v) is 4.52. The Morgan fingerprint density at radius 1 is 1.39 bits per heavy atom. The van der Waals surface area contributed by atoms with Crippen molar-refractivity contribution in [3.63, 3.8) is 0 Å². The minimum absolute atomic E-state index is 0.0118. The Morgan fingerprint density at radius 3 is 2.61 bits per heavy atom. The number of H-pyrrole nitrogens is 1. The summed E-state index contributed by atoms with van der Waals surface area (Å²) >= 11 is 5.14. The summed E-state index contributed by atoms with van der Waals surface area (Å²) in [5.41, 5.74) is -0.223. The summed E-state index contributed by atoms with van der Waals surface area (Å²) < 4.78 is 1.81. The molecule has 0 saturated carbocycles. The fourth-order valence-corrected chi connectivity index (χ4v) is 2.80. The molecule has 1 aromatic rings. The summed E-state index contributed by atoms with van der Waals surface area (Å²) in [5.74, 6) is -0.105. The Balaban J connectivity index is 2.86. The minimum Gasteiger partial charge on any atom is -0.494 e. The van der Waals surface area contributed by atoms with E-state index in [1.54, 1.807) is 4.57 Å². The number of aromatic amines is 1. The molecule has 23 heavy (non-hydrogen) atoms. The van der Waals surface area contributed by atoms with Crippen molar-refractivity contribution in [1.82, 2.24) is 9.55 Å². The highest BCUT2D eigenvalue weighted by Crippen LogP contribution is 2.19. The highest BCUT2D eigenvalue weighted by molar-refractivity contribution is 7.71. The molecule has 0 radical (unpaired) electrons. The number of hydrogen-bond acceptors (Lipinski definition) is 4. The van der Waals surface area contributed by atoms with Crippen LogP contribution in [0.25, 0.3) is 0 Å². The number of aliphatic imine (C=N–C) groups is 1. The number of nitrogens with one attached hydrogen (secondary N) is 2. The number of quaternary nitrogens is 1. The number of aromatic hydroxyl groups is 1. The zero-order chi connectivity index (χ0) is 17.4. The van der Waals surface area contributed by atoms with Crippen LogP contribution >= 0.6 is 12.2 Å². The van der Waals surface area contributed by atoms with Gasteiger partial charge in [-0.15, -0.1) is 0 Å². The lowest BCUT2D eigenvalue weighted by molar-refractivity contribution is -0.896. The molecule has 1 heterocycles. The van der Waals surface area contributed by atoms with Crippen molar-refractivity contribution in [2.24, 2.45) is 4.99 Å². The second-order valence-corrected chi connectivity index (χ2v) is 6.11. The molecule has 0 aromatic carbocycles. The molecule has 0 bridgehead atoms. The number of aromatic nitrogens is 2. The summed E-state index contributed by atoms with van der Waals surface area (Å²) in [5, 5.41) is 10.4. The van der Waals surface area contributed by atoms with Crippen LogP contribution in [-0.2, 0) is 0 Å². The molecule has 0 fully saturated rings. The first-order chi connectivity index (χ1) is 11.0. The van der Waals surface area contributed by atoms with E-state index in [4.69, 9.17) is 12.2 Å². The molecular formula is C16H29N4O2S+. The Morgan fingerprint density at radius 2 is 2.04 bits per heavy atom. The lowest BCUT2D eigenvalue weighted by Crippen LogP contribution is -3.11. The minimum atomic E-state index is -0.398. The largest absolute Gasteiger partial charge is 0.494 e. The molecular weight excluding hydrogens is 312 g/mol. The molecule has 7 heteroatoms. The van der Waals surface area contributed by atoms with E-state index in [9.17, 15) is 9.90 Å². The molecule has 0 spiro atoms. The molecule has 1 aromatic heterocycles. The fourth-order valence-electron chi connectivity index (χ4n) is 2.44. The zero-order valence-corrected chi connectivity index (χ0v) is 15.4. The maximum Gasteiger partial charge on any atom is 0.264 e. The van der Waals surface area contributed by atoms with Crippen LogP contribution in [0.2, 0.25) is 0 Å². The van der Waals surface area contributed by atoms with Crippen LogP contribution in [0.1, 0.15) is 52.1 Å². The van der Waals surface area contributed by atoms with Gasteiger partial charge in [-0.05, 0) is 39.4 Å². The van der Waals surface area contributed by atoms with Crippen LogP contribution in [0.3, 0.4) is 0 Å². The second-order valence-electron chi connectivity index (χ2n) is 5.72. The van der Waals surface area contributed by atoms with E-state index in [0.29, 0.717) is 6.54 Å². The van der Waals surface area contributed by atoms with Gasteiger partial charge in [-0.25, -0.2) is 0 Å². The lowest BCUT2D eigenvalue weighted by Gasteiger charge is -2.16. The third-order valence-electron chi connectivity index (χ3n) is 4.22. The smallest absolute Gasteiger partial charge is 0.264 e. The topological polar surface area (TPSA) is 74.8 Å². The molecule has 0 aliphatic heterocycles. The molecule has 1 atom stereocenters. The molecule has 0 amide bonds. The van der Waals surface area contributed by atoms with Crippen molar-refractivity contribution in [2.75, 3.05) is 26.2 Å². The van der Waals surface area contributed by atoms with Crippen molar-refractivity contribution < 1.29 is 10.0 Å². The Hall–Kier alpha value is -1.47. The highest BCUT2D eigenvalue weighted by Gasteiger charge is 2.14. The van der Waals surface area contributed by atoms with Gasteiger partial charge in [0.1, 0.15) is 5.56 Å². The van der Waals surface area contributed by atoms with Crippen LogP contribution in [-0.4, -0.2) is 47.1 Å². The first-order valence-corrected chi connectivity index (χ1v) is 8.78. The predicted octanol–water partition coefficient (Wildman–Crippen LogP) is 1.32. The van der Waals surface area contributed by atoms with Gasteiger partial charge in [0.2, 0.25) is 5.88 Å². The van der Waals surface area contributed by atoms with Crippen molar-refractivity contribution >= 4 is 18.4 Å². The molecule has 0 saturated heterocycles. The molecule has 0 unspecified atom stereocenters. The van der Waals surface area contributed by atoms with Crippen LogP contribution in [0.4, 0.5) is 0 Å². The van der Waals surface area contributed by atoms with Gasteiger partial charge in [-0.1, -0.05) is 6.92 Å². The summed E-state index contributed by atoms with van der Waals surface area (Å²) in [4.78, 5) is 20.4. The summed E-state index contributed by atoms with van der Waals surface area (Å²) in [6.07, 6.45) is 3.22. The third kappa shape index (κ3) is 5.28. The van der Waals surface area contributed by atoms with Crippen molar-refractivity contribution in [3.05, 3.63) is 20.7 Å². The Bertz CT molecular complexity index is 632. The molecule has 0 aliphatic carbocycles. The first kappa shape index (κ1) is 19.6. The van der Waals surface area contributed by atoms with Gasteiger partial charge in [0.25, 0.3) is 5.56 Å². The van der Waals surface area contributed by atoms with E-state index in [0.717, 1.165) is 32.5 Å². The zero-order valence-electron chi connectivity index (χ0n) is 14.6. The first-order valence-electron chi connectivity index (χ1n) is 8.37. The van der Waals surface area contributed by atoms with Crippen LogP contribution in [0.5, 0.6) is 5.88 Å². The fraction of sp³-hybridized carbons (Fsp3) is 0.688. The summed E-state index contributed by atoms with van der Waals surface area (Å²) in [6, 6.07) is 0.0118. The van der Waals surface area contributed by atoms with Gasteiger partial charge >= 0.3 is 0 Å². The standard InChI is InChI=1S/C16H28N4O2S/c1-5-12(4)20-15(22)13(14(21)18-16(20)23)11-17-9-8-10-19(6-2)7-3/h11-12,22H,5-10H2,1-4H3,(H,18,21,23)/p+1/t12-/m1/s1. The molecule has 130 valence electrons. The highest BCUT2D eigenvalue weighted by atomic mass is 32.1. The van der Waals surface area contributed by atoms with E-state index in [1.807, 2.05) is 13.8 Å². The van der Waals surface area contributed by atoms with Gasteiger partial charge in [-0.3, -0.25) is 19.3 Å². The monoisotopic (exact) mass is 341 g/mol. The molecule has 3 N–H and O–H groups in total. The number of nitrogens with zero attached hydrogens (tertiary/aromatic N) is 2. The van der Waals surface area contributed by atoms with Crippen LogP contribution < -0.4 is 10.5 Å². The molecule has 0 aliphatic rings. The summed E-state index contributed by atoms with van der Waals surface area (Å²) in [6.45, 7) is 12.2. The lowest BCUT2D eigenvalue weighted by atomic mass is 10.2. The van der Waals surface area contributed by atoms with Crippen molar-refractivity contribution in [2.45, 2.75) is 46.6 Å². The molecule has 6 nitrogen and oxygen atoms in total. The number of rotatable bonds is 9. The normalized spacial score (nSPS) is 13.1. The SMILES string of the molecule is CC[C@@H](C)n1c(O)c(C=NCCC[NH+](CC)CC)c(=O)[nH]c1=S. The maximum absolute atomic E-state index is 12.0.